The Kier molecular flexibility index (Phi) is 3.06. The maximum absolute atomic E-state index is 13.4. The lowest BCUT2D eigenvalue weighted by Gasteiger charge is -2.07. The van der Waals surface area contributed by atoms with Crippen LogP contribution in [0, 0.1) is 18.6 Å². The van der Waals surface area contributed by atoms with E-state index in [2.05, 4.69) is 5.10 Å². The highest BCUT2D eigenvalue weighted by Gasteiger charge is 2.11. The molecule has 0 bridgehead atoms. The van der Waals surface area contributed by atoms with Crippen LogP contribution >= 0.6 is 0 Å². The summed E-state index contributed by atoms with van der Waals surface area (Å²) in [6.45, 7) is 1.86. The summed E-state index contributed by atoms with van der Waals surface area (Å²) in [7, 11) is 0. The molecule has 0 saturated heterocycles. The minimum absolute atomic E-state index is 0.591. The van der Waals surface area contributed by atoms with E-state index in [0.717, 1.165) is 23.1 Å². The van der Waals surface area contributed by atoms with Crippen LogP contribution in [0.2, 0.25) is 0 Å². The zero-order chi connectivity index (χ0) is 14.1. The second-order valence-electron chi connectivity index (χ2n) is 4.55. The first kappa shape index (κ1) is 12.5. The first-order valence-electron chi connectivity index (χ1n) is 6.22. The van der Waals surface area contributed by atoms with E-state index in [1.54, 1.807) is 10.7 Å². The van der Waals surface area contributed by atoms with Gasteiger partial charge in [0.15, 0.2) is 11.6 Å². The van der Waals surface area contributed by atoms with E-state index in [1.807, 2.05) is 43.3 Å². The maximum atomic E-state index is 13.4. The molecule has 3 aromatic rings. The molecule has 0 fully saturated rings. The molecule has 3 rings (SSSR count). The summed E-state index contributed by atoms with van der Waals surface area (Å²) in [6.07, 6.45) is 0. The van der Waals surface area contributed by atoms with Crippen molar-refractivity contribution in [3.8, 4) is 16.9 Å². The van der Waals surface area contributed by atoms with Crippen LogP contribution in [0.25, 0.3) is 16.9 Å². The number of rotatable bonds is 2. The highest BCUT2D eigenvalue weighted by Crippen LogP contribution is 2.25. The number of hydrogen-bond acceptors (Lipinski definition) is 1. The van der Waals surface area contributed by atoms with Crippen LogP contribution < -0.4 is 0 Å². The van der Waals surface area contributed by atoms with Crippen LogP contribution in [0.1, 0.15) is 5.69 Å². The van der Waals surface area contributed by atoms with Crippen LogP contribution in [-0.4, -0.2) is 9.78 Å². The summed E-state index contributed by atoms with van der Waals surface area (Å²) in [5.74, 6) is -1.71. The van der Waals surface area contributed by atoms with Crippen molar-refractivity contribution in [2.24, 2.45) is 0 Å². The van der Waals surface area contributed by atoms with Gasteiger partial charge in [-0.05, 0) is 43.3 Å². The third-order valence-electron chi connectivity index (χ3n) is 3.05. The third-order valence-corrected chi connectivity index (χ3v) is 3.05. The normalized spacial score (nSPS) is 10.8. The number of aromatic nitrogens is 2. The first-order chi connectivity index (χ1) is 9.65. The Labute approximate surface area is 115 Å². The number of benzene rings is 2. The molecule has 20 heavy (non-hydrogen) atoms. The lowest BCUT2D eigenvalue weighted by atomic mass is 10.1. The molecule has 1 aromatic heterocycles. The molecular weight excluding hydrogens is 258 g/mol. The Morgan fingerprint density at radius 3 is 2.35 bits per heavy atom. The molecular formula is C16H12F2N2. The molecule has 0 atom stereocenters. The summed E-state index contributed by atoms with van der Waals surface area (Å²) < 4.78 is 28.2. The van der Waals surface area contributed by atoms with Gasteiger partial charge in [0.25, 0.3) is 0 Å². The monoisotopic (exact) mass is 270 g/mol. The minimum atomic E-state index is -0.860. The van der Waals surface area contributed by atoms with Crippen LogP contribution in [0.3, 0.4) is 0 Å². The van der Waals surface area contributed by atoms with Gasteiger partial charge < -0.3 is 0 Å². The standard InChI is InChI=1S/C16H12F2N2/c1-11-9-16(12-7-8-14(17)15(18)10-12)20(19-11)13-5-3-2-4-6-13/h2-10H,1H3. The van der Waals surface area contributed by atoms with E-state index in [9.17, 15) is 8.78 Å². The molecule has 0 N–H and O–H groups in total. The van der Waals surface area contributed by atoms with Gasteiger partial charge in [-0.15, -0.1) is 0 Å². The Hall–Kier alpha value is -2.49. The van der Waals surface area contributed by atoms with Gasteiger partial charge >= 0.3 is 0 Å². The van der Waals surface area contributed by atoms with Crippen molar-refractivity contribution in [3.63, 3.8) is 0 Å². The molecule has 100 valence electrons. The molecule has 0 aliphatic carbocycles. The maximum Gasteiger partial charge on any atom is 0.159 e. The molecule has 0 aliphatic heterocycles. The average molecular weight is 270 g/mol. The summed E-state index contributed by atoms with van der Waals surface area (Å²) >= 11 is 0. The average Bonchev–Trinajstić information content (AvgIpc) is 2.85. The van der Waals surface area contributed by atoms with E-state index in [0.29, 0.717) is 5.56 Å². The molecule has 0 spiro atoms. The van der Waals surface area contributed by atoms with Crippen molar-refractivity contribution in [3.05, 3.63) is 71.9 Å². The fraction of sp³-hybridized carbons (Fsp3) is 0.0625. The van der Waals surface area contributed by atoms with Crippen LogP contribution in [0.4, 0.5) is 8.78 Å². The minimum Gasteiger partial charge on any atom is -0.233 e. The predicted octanol–water partition coefficient (Wildman–Crippen LogP) is 4.13. The topological polar surface area (TPSA) is 17.8 Å². The lowest BCUT2D eigenvalue weighted by Crippen LogP contribution is -1.99. The molecule has 0 aliphatic rings. The van der Waals surface area contributed by atoms with Gasteiger partial charge in [0.2, 0.25) is 0 Å². The van der Waals surface area contributed by atoms with E-state index < -0.39 is 11.6 Å². The van der Waals surface area contributed by atoms with Crippen LogP contribution in [0.5, 0.6) is 0 Å². The SMILES string of the molecule is Cc1cc(-c2ccc(F)c(F)c2)n(-c2ccccc2)n1. The number of aryl methyl sites for hydroxylation is 1. The molecule has 0 radical (unpaired) electrons. The van der Waals surface area contributed by atoms with Crippen LogP contribution in [-0.2, 0) is 0 Å². The second-order valence-corrected chi connectivity index (χ2v) is 4.55. The number of para-hydroxylation sites is 1. The van der Waals surface area contributed by atoms with Gasteiger partial charge in [-0.1, -0.05) is 18.2 Å². The van der Waals surface area contributed by atoms with Crippen molar-refractivity contribution in [1.29, 1.82) is 0 Å². The fourth-order valence-electron chi connectivity index (χ4n) is 2.13. The van der Waals surface area contributed by atoms with Gasteiger partial charge in [0.1, 0.15) is 0 Å². The molecule has 0 unspecified atom stereocenters. The van der Waals surface area contributed by atoms with Crippen LogP contribution in [0.15, 0.2) is 54.6 Å². The smallest absolute Gasteiger partial charge is 0.159 e. The first-order valence-corrected chi connectivity index (χ1v) is 6.22. The van der Waals surface area contributed by atoms with Gasteiger partial charge in [-0.25, -0.2) is 13.5 Å². The number of hydrogen-bond donors (Lipinski definition) is 0. The third kappa shape index (κ3) is 2.20. The van der Waals surface area contributed by atoms with Crippen molar-refractivity contribution in [2.45, 2.75) is 6.92 Å². The fourth-order valence-corrected chi connectivity index (χ4v) is 2.13. The predicted molar refractivity (Wildman–Crippen MR) is 73.7 cm³/mol. The number of halogens is 2. The summed E-state index contributed by atoms with van der Waals surface area (Å²) in [5.41, 5.74) is 3.01. The largest absolute Gasteiger partial charge is 0.233 e. The van der Waals surface area contributed by atoms with E-state index >= 15 is 0 Å². The summed E-state index contributed by atoms with van der Waals surface area (Å²) in [6, 6.07) is 15.3. The van der Waals surface area contributed by atoms with Gasteiger partial charge in [0.05, 0.1) is 17.1 Å². The van der Waals surface area contributed by atoms with E-state index in [4.69, 9.17) is 0 Å². The van der Waals surface area contributed by atoms with Crippen molar-refractivity contribution >= 4 is 0 Å². The van der Waals surface area contributed by atoms with Gasteiger partial charge in [-0.2, -0.15) is 5.10 Å². The lowest BCUT2D eigenvalue weighted by molar-refractivity contribution is 0.509. The van der Waals surface area contributed by atoms with Gasteiger partial charge in [-0.3, -0.25) is 0 Å². The molecule has 2 aromatic carbocycles. The summed E-state index contributed by atoms with van der Waals surface area (Å²) in [5, 5.41) is 4.41. The van der Waals surface area contributed by atoms with Crippen molar-refractivity contribution < 1.29 is 8.78 Å². The Balaban J connectivity index is 2.17. The van der Waals surface area contributed by atoms with Gasteiger partial charge in [0, 0.05) is 5.56 Å². The zero-order valence-corrected chi connectivity index (χ0v) is 10.8. The second kappa shape index (κ2) is 4.89. The number of nitrogens with zero attached hydrogens (tertiary/aromatic N) is 2. The molecule has 4 heteroatoms. The molecule has 0 amide bonds. The zero-order valence-electron chi connectivity index (χ0n) is 10.8. The van der Waals surface area contributed by atoms with E-state index in [-0.39, 0.29) is 0 Å². The molecule has 1 heterocycles. The van der Waals surface area contributed by atoms with Crippen molar-refractivity contribution in [1.82, 2.24) is 9.78 Å². The highest BCUT2D eigenvalue weighted by atomic mass is 19.2. The van der Waals surface area contributed by atoms with E-state index in [1.165, 1.54) is 6.07 Å². The highest BCUT2D eigenvalue weighted by molar-refractivity contribution is 5.62. The van der Waals surface area contributed by atoms with Crippen molar-refractivity contribution in [2.75, 3.05) is 0 Å². The Bertz CT molecular complexity index is 748. The Morgan fingerprint density at radius 1 is 0.900 bits per heavy atom. The summed E-state index contributed by atoms with van der Waals surface area (Å²) in [4.78, 5) is 0. The Morgan fingerprint density at radius 2 is 1.65 bits per heavy atom. The molecule has 0 saturated carbocycles. The molecule has 2 nitrogen and oxygen atoms in total. The quantitative estimate of drug-likeness (QED) is 0.684.